The summed E-state index contributed by atoms with van der Waals surface area (Å²) in [6.45, 7) is 2.84. The molecule has 2 rings (SSSR count). The Morgan fingerprint density at radius 2 is 2.22 bits per heavy atom. The number of nitrogens with zero attached hydrogens (tertiary/aromatic N) is 2. The topological polar surface area (TPSA) is 90.0 Å². The van der Waals surface area contributed by atoms with Gasteiger partial charge in [-0.3, -0.25) is 0 Å². The highest BCUT2D eigenvalue weighted by Crippen LogP contribution is 2.47. The Kier molecular flexibility index (Phi) is 3.48. The van der Waals surface area contributed by atoms with E-state index >= 15 is 0 Å². The SMILES string of the molecule is Cc1nc(S(=O)(=O)NCC2(CCN)CC2)cn1C. The van der Waals surface area contributed by atoms with E-state index in [4.69, 9.17) is 5.73 Å². The molecule has 0 unspecified atom stereocenters. The molecule has 1 heterocycles. The summed E-state index contributed by atoms with van der Waals surface area (Å²) >= 11 is 0. The number of sulfonamides is 1. The van der Waals surface area contributed by atoms with Crippen LogP contribution in [0.3, 0.4) is 0 Å². The van der Waals surface area contributed by atoms with Gasteiger partial charge in [-0.1, -0.05) is 0 Å². The standard InChI is InChI=1S/C11H20N4O2S/c1-9-14-10(7-15(9)2)18(16,17)13-8-11(3-4-11)5-6-12/h7,13H,3-6,8,12H2,1-2H3. The molecule has 7 heteroatoms. The molecular formula is C11H20N4O2S. The van der Waals surface area contributed by atoms with Gasteiger partial charge in [0.1, 0.15) is 5.82 Å². The van der Waals surface area contributed by atoms with Crippen molar-refractivity contribution >= 4 is 10.0 Å². The van der Waals surface area contributed by atoms with Crippen LogP contribution in [0.15, 0.2) is 11.2 Å². The molecule has 6 nitrogen and oxygen atoms in total. The Morgan fingerprint density at radius 1 is 1.56 bits per heavy atom. The van der Waals surface area contributed by atoms with Crippen LogP contribution in [0, 0.1) is 12.3 Å². The summed E-state index contributed by atoms with van der Waals surface area (Å²) in [5.41, 5.74) is 5.62. The molecule has 1 aromatic rings. The zero-order valence-corrected chi connectivity index (χ0v) is 11.6. The summed E-state index contributed by atoms with van der Waals surface area (Å²) in [7, 11) is -1.72. The van der Waals surface area contributed by atoms with Gasteiger partial charge in [-0.05, 0) is 38.1 Å². The molecule has 1 aromatic heterocycles. The van der Waals surface area contributed by atoms with Crippen molar-refractivity contribution in [3.05, 3.63) is 12.0 Å². The molecule has 0 aromatic carbocycles. The largest absolute Gasteiger partial charge is 0.337 e. The van der Waals surface area contributed by atoms with Gasteiger partial charge in [0.05, 0.1) is 0 Å². The number of aromatic nitrogens is 2. The van der Waals surface area contributed by atoms with Gasteiger partial charge >= 0.3 is 0 Å². The number of imidazole rings is 1. The molecule has 0 saturated heterocycles. The van der Waals surface area contributed by atoms with Crippen LogP contribution < -0.4 is 10.5 Å². The van der Waals surface area contributed by atoms with Gasteiger partial charge in [-0.15, -0.1) is 0 Å². The smallest absolute Gasteiger partial charge is 0.259 e. The van der Waals surface area contributed by atoms with Crippen LogP contribution in [-0.2, 0) is 17.1 Å². The van der Waals surface area contributed by atoms with E-state index < -0.39 is 10.0 Å². The minimum Gasteiger partial charge on any atom is -0.337 e. The summed E-state index contributed by atoms with van der Waals surface area (Å²) in [6, 6.07) is 0. The van der Waals surface area contributed by atoms with E-state index in [1.54, 1.807) is 18.5 Å². The Hall–Kier alpha value is -0.920. The quantitative estimate of drug-likeness (QED) is 0.770. The molecule has 18 heavy (non-hydrogen) atoms. The van der Waals surface area contributed by atoms with Crippen molar-refractivity contribution in [2.75, 3.05) is 13.1 Å². The fraction of sp³-hybridized carbons (Fsp3) is 0.727. The van der Waals surface area contributed by atoms with E-state index in [2.05, 4.69) is 9.71 Å². The summed E-state index contributed by atoms with van der Waals surface area (Å²) in [5.74, 6) is 0.679. The average molecular weight is 272 g/mol. The number of nitrogens with two attached hydrogens (primary N) is 1. The molecule has 1 aliphatic carbocycles. The minimum absolute atomic E-state index is 0.0889. The fourth-order valence-electron chi connectivity index (χ4n) is 1.98. The average Bonchev–Trinajstić information content (AvgIpc) is 2.98. The summed E-state index contributed by atoms with van der Waals surface area (Å²) in [4.78, 5) is 4.04. The van der Waals surface area contributed by atoms with Gasteiger partial charge in [-0.25, -0.2) is 18.1 Å². The molecule has 1 saturated carbocycles. The lowest BCUT2D eigenvalue weighted by atomic mass is 10.0. The summed E-state index contributed by atoms with van der Waals surface area (Å²) < 4.78 is 28.5. The first-order chi connectivity index (χ1) is 8.38. The predicted molar refractivity (Wildman–Crippen MR) is 68.5 cm³/mol. The van der Waals surface area contributed by atoms with Crippen molar-refractivity contribution in [3.63, 3.8) is 0 Å². The maximum atomic E-state index is 12.1. The molecule has 102 valence electrons. The molecule has 1 fully saturated rings. The van der Waals surface area contributed by atoms with Gasteiger partial charge < -0.3 is 10.3 Å². The number of nitrogens with one attached hydrogen (secondary N) is 1. The lowest BCUT2D eigenvalue weighted by Gasteiger charge is -2.14. The number of rotatable bonds is 6. The molecule has 3 N–H and O–H groups in total. The molecule has 0 aliphatic heterocycles. The first-order valence-electron chi connectivity index (χ1n) is 6.08. The van der Waals surface area contributed by atoms with Gasteiger partial charge in [0, 0.05) is 19.8 Å². The van der Waals surface area contributed by atoms with E-state index in [0.29, 0.717) is 18.9 Å². The van der Waals surface area contributed by atoms with Gasteiger partial charge in [0.25, 0.3) is 10.0 Å². The Bertz CT molecular complexity index is 512. The molecule has 0 atom stereocenters. The van der Waals surface area contributed by atoms with Crippen molar-refractivity contribution in [2.45, 2.75) is 31.2 Å². The second-order valence-corrected chi connectivity index (χ2v) is 6.81. The van der Waals surface area contributed by atoms with Crippen LogP contribution in [0.4, 0.5) is 0 Å². The van der Waals surface area contributed by atoms with E-state index in [-0.39, 0.29) is 10.4 Å². The van der Waals surface area contributed by atoms with Crippen LogP contribution in [0.5, 0.6) is 0 Å². The van der Waals surface area contributed by atoms with Gasteiger partial charge in [-0.2, -0.15) is 0 Å². The Morgan fingerprint density at radius 3 is 2.67 bits per heavy atom. The monoisotopic (exact) mass is 272 g/mol. The lowest BCUT2D eigenvalue weighted by molar-refractivity contribution is 0.461. The molecule has 0 bridgehead atoms. The molecular weight excluding hydrogens is 252 g/mol. The van der Waals surface area contributed by atoms with Gasteiger partial charge in [0.15, 0.2) is 5.03 Å². The van der Waals surface area contributed by atoms with Crippen molar-refractivity contribution in [3.8, 4) is 0 Å². The van der Waals surface area contributed by atoms with Crippen LogP contribution in [0.25, 0.3) is 0 Å². The first-order valence-corrected chi connectivity index (χ1v) is 7.57. The van der Waals surface area contributed by atoms with Crippen LogP contribution in [0.2, 0.25) is 0 Å². The Labute approximate surface area is 108 Å². The molecule has 0 spiro atoms. The summed E-state index contributed by atoms with van der Waals surface area (Å²) in [6.07, 6.45) is 4.50. The lowest BCUT2D eigenvalue weighted by Crippen LogP contribution is -2.31. The zero-order chi connectivity index (χ0) is 13.4. The number of hydrogen-bond donors (Lipinski definition) is 2. The van der Waals surface area contributed by atoms with E-state index in [1.807, 2.05) is 0 Å². The van der Waals surface area contributed by atoms with Crippen LogP contribution >= 0.6 is 0 Å². The van der Waals surface area contributed by atoms with Crippen molar-refractivity contribution < 1.29 is 8.42 Å². The highest BCUT2D eigenvalue weighted by atomic mass is 32.2. The maximum Gasteiger partial charge on any atom is 0.259 e. The second kappa shape index (κ2) is 4.64. The predicted octanol–water partition coefficient (Wildman–Crippen LogP) is 0.136. The first kappa shape index (κ1) is 13.5. The minimum atomic E-state index is -3.50. The number of hydrogen-bond acceptors (Lipinski definition) is 4. The van der Waals surface area contributed by atoms with E-state index in [1.165, 1.54) is 6.20 Å². The maximum absolute atomic E-state index is 12.1. The van der Waals surface area contributed by atoms with E-state index in [9.17, 15) is 8.42 Å². The molecule has 0 radical (unpaired) electrons. The number of aryl methyl sites for hydroxylation is 2. The van der Waals surface area contributed by atoms with E-state index in [0.717, 1.165) is 19.3 Å². The molecule has 1 aliphatic rings. The van der Waals surface area contributed by atoms with Crippen molar-refractivity contribution in [1.82, 2.24) is 14.3 Å². The van der Waals surface area contributed by atoms with Crippen molar-refractivity contribution in [1.29, 1.82) is 0 Å². The van der Waals surface area contributed by atoms with Gasteiger partial charge in [0.2, 0.25) is 0 Å². The van der Waals surface area contributed by atoms with Crippen LogP contribution in [-0.4, -0.2) is 31.1 Å². The third-order valence-corrected chi connectivity index (χ3v) is 4.90. The Balaban J connectivity index is 2.04. The third-order valence-electron chi connectivity index (χ3n) is 3.63. The van der Waals surface area contributed by atoms with Crippen LogP contribution in [0.1, 0.15) is 25.1 Å². The van der Waals surface area contributed by atoms with Crippen molar-refractivity contribution in [2.24, 2.45) is 18.2 Å². The highest BCUT2D eigenvalue weighted by Gasteiger charge is 2.42. The third kappa shape index (κ3) is 2.73. The second-order valence-electron chi connectivity index (χ2n) is 5.10. The summed E-state index contributed by atoms with van der Waals surface area (Å²) in [5, 5.41) is 0.0889. The highest BCUT2D eigenvalue weighted by molar-refractivity contribution is 7.89. The zero-order valence-electron chi connectivity index (χ0n) is 10.8. The normalized spacial score (nSPS) is 17.9. The molecule has 0 amide bonds. The fourth-order valence-corrected chi connectivity index (χ4v) is 3.17.